The fraction of sp³-hybridized carbons (Fsp3) is 0.750. The highest BCUT2D eigenvalue weighted by Gasteiger charge is 2.23. The molecular formula is C8H12. The van der Waals surface area contributed by atoms with E-state index in [9.17, 15) is 0 Å². The summed E-state index contributed by atoms with van der Waals surface area (Å²) in [6, 6.07) is 0. The van der Waals surface area contributed by atoms with Crippen LogP contribution in [0, 0.1) is 5.92 Å². The summed E-state index contributed by atoms with van der Waals surface area (Å²) in [7, 11) is 0. The average molecular weight is 108 g/mol. The molecule has 1 saturated carbocycles. The molecule has 44 valence electrons. The van der Waals surface area contributed by atoms with Crippen LogP contribution >= 0.6 is 0 Å². The van der Waals surface area contributed by atoms with Crippen LogP contribution < -0.4 is 0 Å². The van der Waals surface area contributed by atoms with Crippen LogP contribution in [-0.4, -0.2) is 0 Å². The first kappa shape index (κ1) is 4.60. The molecule has 0 radical (unpaired) electrons. The zero-order chi connectivity index (χ0) is 5.40. The van der Waals surface area contributed by atoms with Crippen LogP contribution in [0.2, 0.25) is 0 Å². The van der Waals surface area contributed by atoms with E-state index >= 15 is 0 Å². The van der Waals surface area contributed by atoms with Gasteiger partial charge < -0.3 is 0 Å². The van der Waals surface area contributed by atoms with Crippen molar-refractivity contribution >= 4 is 0 Å². The van der Waals surface area contributed by atoms with Gasteiger partial charge in [-0.25, -0.2) is 0 Å². The summed E-state index contributed by atoms with van der Waals surface area (Å²) < 4.78 is 0. The first-order chi connectivity index (χ1) is 3.97. The molecule has 0 bridgehead atoms. The van der Waals surface area contributed by atoms with Gasteiger partial charge in [-0.15, -0.1) is 0 Å². The van der Waals surface area contributed by atoms with Gasteiger partial charge in [-0.1, -0.05) is 11.6 Å². The third kappa shape index (κ3) is 0.521. The molecule has 2 rings (SSSR count). The molecule has 0 spiro atoms. The van der Waals surface area contributed by atoms with Crippen molar-refractivity contribution in [1.29, 1.82) is 0 Å². The van der Waals surface area contributed by atoms with Crippen LogP contribution in [0.1, 0.15) is 32.1 Å². The second kappa shape index (κ2) is 1.61. The summed E-state index contributed by atoms with van der Waals surface area (Å²) in [6.45, 7) is 0. The Kier molecular flexibility index (Phi) is 0.927. The van der Waals surface area contributed by atoms with Crippen molar-refractivity contribution in [3.63, 3.8) is 0 Å². The second-order valence-corrected chi connectivity index (χ2v) is 2.95. The number of fused-ring (bicyclic) bond motifs is 1. The minimum atomic E-state index is 1.04. The maximum atomic E-state index is 2.46. The summed E-state index contributed by atoms with van der Waals surface area (Å²) in [5.74, 6) is 1.04. The standard InChI is InChI=1S/C8H12/c1-3-7-5-2-6-8(7)4-1/h3,8H,1-2,4-6H2/t8-/m0/s1. The molecule has 0 aliphatic heterocycles. The molecule has 0 heteroatoms. The summed E-state index contributed by atoms with van der Waals surface area (Å²) in [6.07, 6.45) is 9.68. The molecule has 0 amide bonds. The van der Waals surface area contributed by atoms with Crippen molar-refractivity contribution in [2.24, 2.45) is 5.92 Å². The monoisotopic (exact) mass is 108 g/mol. The molecule has 2 aliphatic carbocycles. The van der Waals surface area contributed by atoms with Gasteiger partial charge in [-0.3, -0.25) is 0 Å². The lowest BCUT2D eigenvalue weighted by atomic mass is 10.1. The Morgan fingerprint density at radius 3 is 3.25 bits per heavy atom. The zero-order valence-electron chi connectivity index (χ0n) is 5.19. The molecule has 8 heavy (non-hydrogen) atoms. The smallest absolute Gasteiger partial charge is 0.0200 e. The summed E-state index contributed by atoms with van der Waals surface area (Å²) in [4.78, 5) is 0. The molecule has 0 saturated heterocycles. The molecule has 0 nitrogen and oxygen atoms in total. The highest BCUT2D eigenvalue weighted by Crippen LogP contribution is 2.38. The van der Waals surface area contributed by atoms with Gasteiger partial charge in [0.15, 0.2) is 0 Å². The van der Waals surface area contributed by atoms with Crippen LogP contribution in [0.15, 0.2) is 11.6 Å². The average Bonchev–Trinajstić information content (AvgIpc) is 2.15. The fourth-order valence-corrected chi connectivity index (χ4v) is 2.01. The molecular weight excluding hydrogens is 96.1 g/mol. The minimum Gasteiger partial charge on any atom is -0.0850 e. The number of hydrogen-bond acceptors (Lipinski definition) is 0. The lowest BCUT2D eigenvalue weighted by molar-refractivity contribution is 0.610. The molecule has 0 aromatic rings. The maximum absolute atomic E-state index is 2.46. The Bertz CT molecular complexity index is 122. The van der Waals surface area contributed by atoms with E-state index < -0.39 is 0 Å². The third-order valence-electron chi connectivity index (χ3n) is 2.46. The molecule has 0 aromatic heterocycles. The molecule has 1 fully saturated rings. The quantitative estimate of drug-likeness (QED) is 0.418. The van der Waals surface area contributed by atoms with E-state index in [1.54, 1.807) is 5.57 Å². The predicted molar refractivity (Wildman–Crippen MR) is 34.7 cm³/mol. The Hall–Kier alpha value is -0.260. The van der Waals surface area contributed by atoms with E-state index in [-0.39, 0.29) is 0 Å². The Morgan fingerprint density at radius 1 is 1.38 bits per heavy atom. The minimum absolute atomic E-state index is 1.04. The van der Waals surface area contributed by atoms with Gasteiger partial charge >= 0.3 is 0 Å². The Labute approximate surface area is 50.6 Å². The third-order valence-corrected chi connectivity index (χ3v) is 2.46. The van der Waals surface area contributed by atoms with Gasteiger partial charge in [-0.05, 0) is 38.0 Å². The van der Waals surface area contributed by atoms with Crippen molar-refractivity contribution < 1.29 is 0 Å². The molecule has 0 unspecified atom stereocenters. The lowest BCUT2D eigenvalue weighted by Crippen LogP contribution is -1.86. The van der Waals surface area contributed by atoms with Crippen molar-refractivity contribution in [1.82, 2.24) is 0 Å². The van der Waals surface area contributed by atoms with Gasteiger partial charge in [0, 0.05) is 0 Å². The van der Waals surface area contributed by atoms with E-state index in [1.807, 2.05) is 0 Å². The van der Waals surface area contributed by atoms with E-state index in [2.05, 4.69) is 6.08 Å². The van der Waals surface area contributed by atoms with E-state index in [4.69, 9.17) is 0 Å². The van der Waals surface area contributed by atoms with Gasteiger partial charge in [0.05, 0.1) is 0 Å². The van der Waals surface area contributed by atoms with Crippen molar-refractivity contribution in [2.45, 2.75) is 32.1 Å². The maximum Gasteiger partial charge on any atom is -0.0200 e. The molecule has 1 atom stereocenters. The molecule has 0 heterocycles. The van der Waals surface area contributed by atoms with E-state index in [0.717, 1.165) is 5.92 Å². The highest BCUT2D eigenvalue weighted by atomic mass is 14.3. The van der Waals surface area contributed by atoms with Crippen LogP contribution in [0.3, 0.4) is 0 Å². The van der Waals surface area contributed by atoms with Crippen LogP contribution in [0.5, 0.6) is 0 Å². The zero-order valence-corrected chi connectivity index (χ0v) is 5.19. The first-order valence-corrected chi connectivity index (χ1v) is 3.66. The fourth-order valence-electron chi connectivity index (χ4n) is 2.01. The summed E-state index contributed by atoms with van der Waals surface area (Å²) in [5.41, 5.74) is 1.78. The molecule has 2 aliphatic rings. The lowest BCUT2D eigenvalue weighted by Gasteiger charge is -1.99. The van der Waals surface area contributed by atoms with Crippen LogP contribution in [-0.2, 0) is 0 Å². The topological polar surface area (TPSA) is 0 Å². The van der Waals surface area contributed by atoms with E-state index in [0.29, 0.717) is 0 Å². The van der Waals surface area contributed by atoms with Gasteiger partial charge in [0.2, 0.25) is 0 Å². The number of allylic oxidation sites excluding steroid dienone is 2. The number of hydrogen-bond donors (Lipinski definition) is 0. The Morgan fingerprint density at radius 2 is 2.38 bits per heavy atom. The predicted octanol–water partition coefficient (Wildman–Crippen LogP) is 2.51. The normalized spacial score (nSPS) is 35.0. The van der Waals surface area contributed by atoms with Crippen molar-refractivity contribution in [2.75, 3.05) is 0 Å². The summed E-state index contributed by atoms with van der Waals surface area (Å²) in [5, 5.41) is 0. The van der Waals surface area contributed by atoms with Crippen LogP contribution in [0.4, 0.5) is 0 Å². The first-order valence-electron chi connectivity index (χ1n) is 3.66. The number of rotatable bonds is 0. The van der Waals surface area contributed by atoms with E-state index in [1.165, 1.54) is 32.1 Å². The largest absolute Gasteiger partial charge is 0.0850 e. The van der Waals surface area contributed by atoms with Gasteiger partial charge in [0.1, 0.15) is 0 Å². The van der Waals surface area contributed by atoms with Crippen molar-refractivity contribution in [3.8, 4) is 0 Å². The highest BCUT2D eigenvalue weighted by molar-refractivity contribution is 5.15. The molecule has 0 N–H and O–H groups in total. The Balaban J connectivity index is 2.20. The van der Waals surface area contributed by atoms with Gasteiger partial charge in [0.25, 0.3) is 0 Å². The SMILES string of the molecule is C1=C2CCC[C@@H]2CC1. The van der Waals surface area contributed by atoms with Gasteiger partial charge in [-0.2, -0.15) is 0 Å². The molecule has 0 aromatic carbocycles. The van der Waals surface area contributed by atoms with Crippen LogP contribution in [0.25, 0.3) is 0 Å². The van der Waals surface area contributed by atoms with Crippen molar-refractivity contribution in [3.05, 3.63) is 11.6 Å². The second-order valence-electron chi connectivity index (χ2n) is 2.95. The summed E-state index contributed by atoms with van der Waals surface area (Å²) >= 11 is 0.